The van der Waals surface area contributed by atoms with Crippen molar-refractivity contribution in [3.8, 4) is 5.75 Å². The maximum absolute atomic E-state index is 13.1. The van der Waals surface area contributed by atoms with Crippen LogP contribution in [0.2, 0.25) is 0 Å². The molecule has 0 saturated carbocycles. The molecule has 0 spiro atoms. The second-order valence-electron chi connectivity index (χ2n) is 4.71. The van der Waals surface area contributed by atoms with E-state index in [1.165, 1.54) is 12.1 Å². The first-order chi connectivity index (χ1) is 10.2. The minimum atomic E-state index is -0.612. The van der Waals surface area contributed by atoms with E-state index in [-0.39, 0.29) is 12.9 Å². The summed E-state index contributed by atoms with van der Waals surface area (Å²) >= 11 is 0. The molecule has 0 unspecified atom stereocenters. The molecule has 110 valence electrons. The van der Waals surface area contributed by atoms with Gasteiger partial charge in [-0.25, -0.2) is 8.78 Å². The Labute approximate surface area is 121 Å². The van der Waals surface area contributed by atoms with Crippen molar-refractivity contribution in [2.75, 3.05) is 13.2 Å². The Morgan fingerprint density at radius 3 is 2.19 bits per heavy atom. The Hall–Kier alpha value is -1.98. The van der Waals surface area contributed by atoms with E-state index in [0.29, 0.717) is 24.5 Å². The van der Waals surface area contributed by atoms with Gasteiger partial charge in [-0.15, -0.1) is 0 Å². The zero-order valence-electron chi connectivity index (χ0n) is 11.2. The van der Waals surface area contributed by atoms with Crippen LogP contribution in [0.1, 0.15) is 17.4 Å². The van der Waals surface area contributed by atoms with Crippen LogP contribution in [-0.4, -0.2) is 13.2 Å². The highest BCUT2D eigenvalue weighted by Crippen LogP contribution is 2.25. The monoisotopic (exact) mass is 292 g/mol. The summed E-state index contributed by atoms with van der Waals surface area (Å²) in [6.45, 7) is 1.28. The molecule has 2 aromatic rings. The van der Waals surface area contributed by atoms with Gasteiger partial charge in [-0.2, -0.15) is 0 Å². The number of hydrogen-bond acceptors (Lipinski definition) is 3. The number of hydrogen-bond donors (Lipinski definition) is 0. The van der Waals surface area contributed by atoms with Crippen LogP contribution in [0.5, 0.6) is 5.75 Å². The summed E-state index contributed by atoms with van der Waals surface area (Å²) in [6, 6.07) is 10.6. The lowest BCUT2D eigenvalue weighted by molar-refractivity contribution is -0.0441. The van der Waals surface area contributed by atoms with E-state index in [0.717, 1.165) is 11.6 Å². The van der Waals surface area contributed by atoms with Gasteiger partial charge in [-0.1, -0.05) is 12.1 Å². The first-order valence-electron chi connectivity index (χ1n) is 6.62. The molecule has 0 N–H and O–H groups in total. The van der Waals surface area contributed by atoms with Crippen molar-refractivity contribution in [1.29, 1.82) is 0 Å². The molecule has 1 saturated heterocycles. The highest BCUT2D eigenvalue weighted by atomic mass is 19.1. The Morgan fingerprint density at radius 2 is 1.57 bits per heavy atom. The van der Waals surface area contributed by atoms with Crippen LogP contribution in [0.3, 0.4) is 0 Å². The molecule has 1 aliphatic rings. The van der Waals surface area contributed by atoms with Crippen molar-refractivity contribution in [3.63, 3.8) is 0 Å². The SMILES string of the molecule is Fc1cc(F)cc(COc2ccc(C3OCCO3)cc2)c1. The molecule has 0 radical (unpaired) electrons. The van der Waals surface area contributed by atoms with Crippen LogP contribution in [0.4, 0.5) is 8.78 Å². The van der Waals surface area contributed by atoms with E-state index < -0.39 is 11.6 Å². The van der Waals surface area contributed by atoms with Crippen LogP contribution >= 0.6 is 0 Å². The van der Waals surface area contributed by atoms with Crippen LogP contribution in [0, 0.1) is 11.6 Å². The molecule has 5 heteroatoms. The lowest BCUT2D eigenvalue weighted by Crippen LogP contribution is -1.99. The average molecular weight is 292 g/mol. The molecule has 0 bridgehead atoms. The van der Waals surface area contributed by atoms with E-state index in [1.807, 2.05) is 12.1 Å². The topological polar surface area (TPSA) is 27.7 Å². The minimum absolute atomic E-state index is 0.102. The highest BCUT2D eigenvalue weighted by molar-refractivity contribution is 5.28. The molecule has 0 aromatic heterocycles. The molecule has 2 aromatic carbocycles. The summed E-state index contributed by atoms with van der Waals surface area (Å²) in [5.74, 6) is -0.611. The Bertz CT molecular complexity index is 587. The largest absolute Gasteiger partial charge is 0.489 e. The summed E-state index contributed by atoms with van der Waals surface area (Å²) in [5, 5.41) is 0. The first kappa shape index (κ1) is 14.0. The van der Waals surface area contributed by atoms with Gasteiger partial charge >= 0.3 is 0 Å². The predicted octanol–water partition coefficient (Wildman–Crippen LogP) is 3.59. The summed E-state index contributed by atoms with van der Waals surface area (Å²) in [7, 11) is 0. The fraction of sp³-hybridized carbons (Fsp3) is 0.250. The number of halogens is 2. The van der Waals surface area contributed by atoms with Gasteiger partial charge in [0, 0.05) is 11.6 Å². The Balaban J connectivity index is 1.62. The smallest absolute Gasteiger partial charge is 0.184 e. The second-order valence-corrected chi connectivity index (χ2v) is 4.71. The molecular formula is C16H14F2O3. The van der Waals surface area contributed by atoms with Crippen molar-refractivity contribution >= 4 is 0 Å². The molecular weight excluding hydrogens is 278 g/mol. The summed E-state index contributed by atoms with van der Waals surface area (Å²) < 4.78 is 42.4. The fourth-order valence-electron chi connectivity index (χ4n) is 2.13. The van der Waals surface area contributed by atoms with E-state index in [9.17, 15) is 8.78 Å². The third-order valence-corrected chi connectivity index (χ3v) is 3.10. The zero-order chi connectivity index (χ0) is 14.7. The van der Waals surface area contributed by atoms with Gasteiger partial charge in [0.05, 0.1) is 13.2 Å². The number of ether oxygens (including phenoxy) is 3. The lowest BCUT2D eigenvalue weighted by atomic mass is 10.2. The highest BCUT2D eigenvalue weighted by Gasteiger charge is 2.17. The molecule has 1 aliphatic heterocycles. The van der Waals surface area contributed by atoms with Crippen molar-refractivity contribution in [2.24, 2.45) is 0 Å². The maximum Gasteiger partial charge on any atom is 0.184 e. The van der Waals surface area contributed by atoms with Crippen LogP contribution in [-0.2, 0) is 16.1 Å². The number of rotatable bonds is 4. The van der Waals surface area contributed by atoms with Crippen molar-refractivity contribution in [2.45, 2.75) is 12.9 Å². The third-order valence-electron chi connectivity index (χ3n) is 3.10. The fourth-order valence-corrected chi connectivity index (χ4v) is 2.13. The normalized spacial score (nSPS) is 15.3. The minimum Gasteiger partial charge on any atom is -0.489 e. The van der Waals surface area contributed by atoms with E-state index in [1.54, 1.807) is 12.1 Å². The lowest BCUT2D eigenvalue weighted by Gasteiger charge is -2.11. The van der Waals surface area contributed by atoms with Crippen LogP contribution in [0.25, 0.3) is 0 Å². The predicted molar refractivity (Wildman–Crippen MR) is 71.8 cm³/mol. The molecule has 3 nitrogen and oxygen atoms in total. The van der Waals surface area contributed by atoms with E-state index >= 15 is 0 Å². The van der Waals surface area contributed by atoms with Gasteiger partial charge in [0.2, 0.25) is 0 Å². The molecule has 21 heavy (non-hydrogen) atoms. The van der Waals surface area contributed by atoms with E-state index in [2.05, 4.69) is 0 Å². The third kappa shape index (κ3) is 3.56. The van der Waals surface area contributed by atoms with E-state index in [4.69, 9.17) is 14.2 Å². The molecule has 1 heterocycles. The van der Waals surface area contributed by atoms with Gasteiger partial charge in [0.15, 0.2) is 6.29 Å². The van der Waals surface area contributed by atoms with Crippen molar-refractivity contribution in [1.82, 2.24) is 0 Å². The quantitative estimate of drug-likeness (QED) is 0.862. The van der Waals surface area contributed by atoms with Crippen LogP contribution < -0.4 is 4.74 Å². The maximum atomic E-state index is 13.1. The molecule has 0 amide bonds. The standard InChI is InChI=1S/C16H14F2O3/c17-13-7-11(8-14(18)9-13)10-21-15-3-1-12(2-4-15)16-19-5-6-20-16/h1-4,7-9,16H,5-6,10H2. The molecule has 0 atom stereocenters. The molecule has 3 rings (SSSR count). The number of benzene rings is 2. The van der Waals surface area contributed by atoms with Crippen LogP contribution in [0.15, 0.2) is 42.5 Å². The van der Waals surface area contributed by atoms with Crippen molar-refractivity contribution < 1.29 is 23.0 Å². The van der Waals surface area contributed by atoms with Gasteiger partial charge < -0.3 is 14.2 Å². The first-order valence-corrected chi connectivity index (χ1v) is 6.62. The Kier molecular flexibility index (Phi) is 4.13. The molecule has 0 aliphatic carbocycles. The van der Waals surface area contributed by atoms with Gasteiger partial charge in [0.1, 0.15) is 24.0 Å². The summed E-state index contributed by atoms with van der Waals surface area (Å²) in [6.07, 6.45) is -0.323. The summed E-state index contributed by atoms with van der Waals surface area (Å²) in [5.41, 5.74) is 1.36. The van der Waals surface area contributed by atoms with Gasteiger partial charge in [0.25, 0.3) is 0 Å². The Morgan fingerprint density at radius 1 is 0.952 bits per heavy atom. The summed E-state index contributed by atoms with van der Waals surface area (Å²) in [4.78, 5) is 0. The van der Waals surface area contributed by atoms with Gasteiger partial charge in [-0.3, -0.25) is 0 Å². The van der Waals surface area contributed by atoms with Gasteiger partial charge in [-0.05, 0) is 29.8 Å². The van der Waals surface area contributed by atoms with Crippen molar-refractivity contribution in [3.05, 3.63) is 65.2 Å². The second kappa shape index (κ2) is 6.20. The zero-order valence-corrected chi connectivity index (χ0v) is 11.2. The average Bonchev–Trinajstić information content (AvgIpc) is 2.99. The molecule has 1 fully saturated rings.